The molecular formula is C15H14N2O. The first kappa shape index (κ1) is 10.8. The van der Waals surface area contributed by atoms with Crippen molar-refractivity contribution in [1.82, 2.24) is 9.71 Å². The van der Waals surface area contributed by atoms with E-state index in [1.165, 1.54) is 4.73 Å². The van der Waals surface area contributed by atoms with Gasteiger partial charge in [-0.1, -0.05) is 30.3 Å². The summed E-state index contributed by atoms with van der Waals surface area (Å²) in [5.41, 5.74) is 4.71. The molecule has 0 saturated heterocycles. The van der Waals surface area contributed by atoms with Gasteiger partial charge in [-0.15, -0.1) is 0 Å². The molecule has 0 spiro atoms. The van der Waals surface area contributed by atoms with Gasteiger partial charge in [-0.05, 0) is 37.1 Å². The second-order valence-corrected chi connectivity index (χ2v) is 4.55. The highest BCUT2D eigenvalue weighted by Crippen LogP contribution is 2.26. The Hall–Kier alpha value is -2.29. The van der Waals surface area contributed by atoms with Crippen LogP contribution < -0.4 is 0 Å². The lowest BCUT2D eigenvalue weighted by Gasteiger charge is -2.04. The number of aryl methyl sites for hydroxylation is 2. The van der Waals surface area contributed by atoms with Gasteiger partial charge in [-0.3, -0.25) is 0 Å². The van der Waals surface area contributed by atoms with Crippen LogP contribution in [0, 0.1) is 13.8 Å². The van der Waals surface area contributed by atoms with Crippen molar-refractivity contribution < 1.29 is 5.21 Å². The van der Waals surface area contributed by atoms with Crippen molar-refractivity contribution in [3.63, 3.8) is 0 Å². The van der Waals surface area contributed by atoms with Crippen LogP contribution in [-0.2, 0) is 0 Å². The molecule has 1 aromatic heterocycles. The van der Waals surface area contributed by atoms with E-state index in [-0.39, 0.29) is 0 Å². The summed E-state index contributed by atoms with van der Waals surface area (Å²) in [5, 5.41) is 10.2. The van der Waals surface area contributed by atoms with Gasteiger partial charge >= 0.3 is 0 Å². The second kappa shape index (κ2) is 3.88. The minimum absolute atomic E-state index is 0.591. The Balaban J connectivity index is 2.31. The Labute approximate surface area is 105 Å². The van der Waals surface area contributed by atoms with Crippen molar-refractivity contribution in [2.75, 3.05) is 0 Å². The van der Waals surface area contributed by atoms with E-state index in [1.807, 2.05) is 56.3 Å². The van der Waals surface area contributed by atoms with E-state index >= 15 is 0 Å². The molecule has 0 bridgehead atoms. The van der Waals surface area contributed by atoms with Crippen molar-refractivity contribution in [3.05, 3.63) is 53.6 Å². The predicted octanol–water partition coefficient (Wildman–Crippen LogP) is 3.56. The minimum atomic E-state index is 0.591. The molecule has 0 radical (unpaired) electrons. The van der Waals surface area contributed by atoms with Gasteiger partial charge in [0.05, 0.1) is 5.52 Å². The molecule has 0 aliphatic heterocycles. The maximum absolute atomic E-state index is 10.2. The third-order valence-electron chi connectivity index (χ3n) is 3.17. The number of imidazole rings is 1. The van der Waals surface area contributed by atoms with Crippen LogP contribution in [0.25, 0.3) is 22.4 Å². The van der Waals surface area contributed by atoms with Crippen molar-refractivity contribution in [1.29, 1.82) is 0 Å². The fourth-order valence-corrected chi connectivity index (χ4v) is 2.17. The standard InChI is InChI=1S/C15H14N2O/c1-10-7-8-13-14(9-10)17(18)15(16-13)12-6-4-3-5-11(12)2/h3-9,18H,1-2H3. The number of fused-ring (bicyclic) bond motifs is 1. The van der Waals surface area contributed by atoms with E-state index < -0.39 is 0 Å². The predicted molar refractivity (Wildman–Crippen MR) is 71.8 cm³/mol. The molecular weight excluding hydrogens is 224 g/mol. The van der Waals surface area contributed by atoms with E-state index in [1.54, 1.807) is 0 Å². The Morgan fingerprint density at radius 1 is 1.06 bits per heavy atom. The van der Waals surface area contributed by atoms with E-state index in [4.69, 9.17) is 0 Å². The van der Waals surface area contributed by atoms with E-state index in [2.05, 4.69) is 4.98 Å². The normalized spacial score (nSPS) is 11.0. The van der Waals surface area contributed by atoms with Gasteiger partial charge in [0, 0.05) is 5.56 Å². The van der Waals surface area contributed by atoms with Gasteiger partial charge in [0.25, 0.3) is 0 Å². The summed E-state index contributed by atoms with van der Waals surface area (Å²) in [6, 6.07) is 13.8. The Kier molecular flexibility index (Phi) is 2.33. The summed E-state index contributed by atoms with van der Waals surface area (Å²) in [4.78, 5) is 4.50. The Bertz CT molecular complexity index is 728. The maximum Gasteiger partial charge on any atom is 0.176 e. The number of benzene rings is 2. The summed E-state index contributed by atoms with van der Waals surface area (Å²) in [5.74, 6) is 0.591. The number of hydrogen-bond donors (Lipinski definition) is 1. The van der Waals surface area contributed by atoms with Crippen LogP contribution in [0.1, 0.15) is 11.1 Å². The number of aromatic nitrogens is 2. The first-order valence-electron chi connectivity index (χ1n) is 5.91. The third kappa shape index (κ3) is 1.56. The number of rotatable bonds is 1. The van der Waals surface area contributed by atoms with E-state index in [9.17, 15) is 5.21 Å². The summed E-state index contributed by atoms with van der Waals surface area (Å²) in [6.45, 7) is 4.01. The van der Waals surface area contributed by atoms with Crippen LogP contribution >= 0.6 is 0 Å². The minimum Gasteiger partial charge on any atom is -0.426 e. The molecule has 1 N–H and O–H groups in total. The molecule has 0 amide bonds. The second-order valence-electron chi connectivity index (χ2n) is 4.55. The van der Waals surface area contributed by atoms with E-state index in [0.717, 1.165) is 27.7 Å². The molecule has 3 rings (SSSR count). The van der Waals surface area contributed by atoms with Crippen molar-refractivity contribution in [2.24, 2.45) is 0 Å². The molecule has 3 aromatic rings. The van der Waals surface area contributed by atoms with Crippen molar-refractivity contribution in [2.45, 2.75) is 13.8 Å². The lowest BCUT2D eigenvalue weighted by Crippen LogP contribution is -1.95. The quantitative estimate of drug-likeness (QED) is 0.658. The first-order valence-corrected chi connectivity index (χ1v) is 5.91. The smallest absolute Gasteiger partial charge is 0.176 e. The highest BCUT2D eigenvalue weighted by molar-refractivity contribution is 5.81. The van der Waals surface area contributed by atoms with Crippen LogP contribution in [0.15, 0.2) is 42.5 Å². The Morgan fingerprint density at radius 2 is 1.83 bits per heavy atom. The van der Waals surface area contributed by atoms with E-state index in [0.29, 0.717) is 5.82 Å². The highest BCUT2D eigenvalue weighted by atomic mass is 16.5. The van der Waals surface area contributed by atoms with Crippen LogP contribution in [-0.4, -0.2) is 14.9 Å². The van der Waals surface area contributed by atoms with Crippen LogP contribution in [0.4, 0.5) is 0 Å². The third-order valence-corrected chi connectivity index (χ3v) is 3.17. The summed E-state index contributed by atoms with van der Waals surface area (Å²) < 4.78 is 1.17. The SMILES string of the molecule is Cc1ccc2nc(-c3ccccc3C)n(O)c2c1. The monoisotopic (exact) mass is 238 g/mol. The van der Waals surface area contributed by atoms with Crippen molar-refractivity contribution in [3.8, 4) is 11.4 Å². The van der Waals surface area contributed by atoms with Gasteiger partial charge in [-0.2, -0.15) is 4.73 Å². The zero-order valence-electron chi connectivity index (χ0n) is 10.4. The molecule has 0 saturated carbocycles. The molecule has 0 aliphatic carbocycles. The van der Waals surface area contributed by atoms with Gasteiger partial charge in [0.2, 0.25) is 0 Å². The van der Waals surface area contributed by atoms with Crippen LogP contribution in [0.2, 0.25) is 0 Å². The van der Waals surface area contributed by atoms with Gasteiger partial charge < -0.3 is 5.21 Å². The molecule has 3 heteroatoms. The first-order chi connectivity index (χ1) is 8.66. The summed E-state index contributed by atoms with van der Waals surface area (Å²) >= 11 is 0. The molecule has 18 heavy (non-hydrogen) atoms. The average Bonchev–Trinajstić information content (AvgIpc) is 2.68. The molecule has 0 fully saturated rings. The Morgan fingerprint density at radius 3 is 2.61 bits per heavy atom. The zero-order chi connectivity index (χ0) is 12.7. The number of hydrogen-bond acceptors (Lipinski definition) is 2. The topological polar surface area (TPSA) is 38.0 Å². The van der Waals surface area contributed by atoms with Crippen LogP contribution in [0.5, 0.6) is 0 Å². The highest BCUT2D eigenvalue weighted by Gasteiger charge is 2.13. The lowest BCUT2D eigenvalue weighted by molar-refractivity contribution is 0.203. The van der Waals surface area contributed by atoms with Gasteiger partial charge in [-0.25, -0.2) is 4.98 Å². The van der Waals surface area contributed by atoms with Crippen LogP contribution in [0.3, 0.4) is 0 Å². The molecule has 3 nitrogen and oxygen atoms in total. The summed E-state index contributed by atoms with van der Waals surface area (Å²) in [6.07, 6.45) is 0. The maximum atomic E-state index is 10.2. The molecule has 1 heterocycles. The molecule has 90 valence electrons. The average molecular weight is 238 g/mol. The fourth-order valence-electron chi connectivity index (χ4n) is 2.17. The van der Waals surface area contributed by atoms with Crippen molar-refractivity contribution >= 4 is 11.0 Å². The molecule has 2 aromatic carbocycles. The zero-order valence-corrected chi connectivity index (χ0v) is 10.4. The fraction of sp³-hybridized carbons (Fsp3) is 0.133. The van der Waals surface area contributed by atoms with Gasteiger partial charge in [0.15, 0.2) is 5.82 Å². The summed E-state index contributed by atoms with van der Waals surface area (Å²) in [7, 11) is 0. The van der Waals surface area contributed by atoms with Gasteiger partial charge in [0.1, 0.15) is 5.52 Å². The lowest BCUT2D eigenvalue weighted by atomic mass is 10.1. The number of nitrogens with zero attached hydrogens (tertiary/aromatic N) is 2. The molecule has 0 unspecified atom stereocenters. The largest absolute Gasteiger partial charge is 0.426 e. The molecule has 0 atom stereocenters. The molecule has 0 aliphatic rings.